The fourth-order valence-corrected chi connectivity index (χ4v) is 1.27. The van der Waals surface area contributed by atoms with Crippen LogP contribution in [0.1, 0.15) is 5.82 Å². The Labute approximate surface area is 96.1 Å². The predicted molar refractivity (Wildman–Crippen MR) is 55.2 cm³/mol. The monoisotopic (exact) mass is 247 g/mol. The Morgan fingerprint density at radius 3 is 2.88 bits per heavy atom. The summed E-state index contributed by atoms with van der Waals surface area (Å²) in [7, 11) is 0. The van der Waals surface area contributed by atoms with Gasteiger partial charge in [0.1, 0.15) is 12.4 Å². The number of halogens is 3. The molecule has 1 N–H and O–H groups in total. The highest BCUT2D eigenvalue weighted by atomic mass is 19.4. The van der Waals surface area contributed by atoms with Crippen LogP contribution in [0.3, 0.4) is 0 Å². The van der Waals surface area contributed by atoms with Gasteiger partial charge in [-0.1, -0.05) is 6.58 Å². The molecule has 0 radical (unpaired) electrons. The number of hydrogen-bond acceptors (Lipinski definition) is 2. The number of nitrogens with one attached hydrogen (secondary N) is 1. The van der Waals surface area contributed by atoms with Gasteiger partial charge in [-0.15, -0.1) is 0 Å². The molecule has 0 saturated heterocycles. The summed E-state index contributed by atoms with van der Waals surface area (Å²) in [5, 5.41) is 2.47. The summed E-state index contributed by atoms with van der Waals surface area (Å²) in [4.78, 5) is 14.6. The molecule has 0 unspecified atom stereocenters. The van der Waals surface area contributed by atoms with Gasteiger partial charge < -0.3 is 9.88 Å². The van der Waals surface area contributed by atoms with Gasteiger partial charge >= 0.3 is 6.18 Å². The smallest absolute Gasteiger partial charge is 0.352 e. The van der Waals surface area contributed by atoms with Gasteiger partial charge in [-0.2, -0.15) is 13.2 Å². The summed E-state index contributed by atoms with van der Waals surface area (Å²) in [5.41, 5.74) is 0. The van der Waals surface area contributed by atoms with E-state index < -0.39 is 12.7 Å². The maximum atomic E-state index is 12.2. The van der Waals surface area contributed by atoms with E-state index in [9.17, 15) is 18.0 Å². The van der Waals surface area contributed by atoms with E-state index in [0.29, 0.717) is 0 Å². The molecule has 0 spiro atoms. The fourth-order valence-electron chi connectivity index (χ4n) is 1.27. The van der Waals surface area contributed by atoms with Crippen LogP contribution in [0.2, 0.25) is 0 Å². The SMILES string of the molecule is C=CC(=O)NCCc1nccn1CC(F)(F)F. The Morgan fingerprint density at radius 2 is 2.29 bits per heavy atom. The number of amides is 1. The average Bonchev–Trinajstić information content (AvgIpc) is 2.63. The van der Waals surface area contributed by atoms with E-state index in [2.05, 4.69) is 16.9 Å². The van der Waals surface area contributed by atoms with Crippen LogP contribution in [0.15, 0.2) is 25.0 Å². The van der Waals surface area contributed by atoms with Crippen LogP contribution < -0.4 is 5.32 Å². The zero-order valence-electron chi connectivity index (χ0n) is 9.00. The third-order valence-electron chi connectivity index (χ3n) is 1.98. The summed E-state index contributed by atoms with van der Waals surface area (Å²) in [6.07, 6.45) is -0.376. The molecule has 0 aliphatic carbocycles. The van der Waals surface area contributed by atoms with Crippen molar-refractivity contribution < 1.29 is 18.0 Å². The highest BCUT2D eigenvalue weighted by Crippen LogP contribution is 2.18. The highest BCUT2D eigenvalue weighted by Gasteiger charge is 2.28. The zero-order chi connectivity index (χ0) is 12.9. The topological polar surface area (TPSA) is 46.9 Å². The Bertz CT molecular complexity index is 398. The normalized spacial score (nSPS) is 11.2. The van der Waals surface area contributed by atoms with Crippen LogP contribution in [0, 0.1) is 0 Å². The van der Waals surface area contributed by atoms with Crippen LogP contribution in [-0.4, -0.2) is 28.2 Å². The van der Waals surface area contributed by atoms with Gasteiger partial charge in [0.25, 0.3) is 0 Å². The molecule has 4 nitrogen and oxygen atoms in total. The lowest BCUT2D eigenvalue weighted by Gasteiger charge is -2.10. The highest BCUT2D eigenvalue weighted by molar-refractivity contribution is 5.86. The molecule has 0 fully saturated rings. The van der Waals surface area contributed by atoms with Crippen molar-refractivity contribution in [1.29, 1.82) is 0 Å². The van der Waals surface area contributed by atoms with E-state index in [0.717, 1.165) is 10.6 Å². The van der Waals surface area contributed by atoms with Gasteiger partial charge in [-0.05, 0) is 6.08 Å². The van der Waals surface area contributed by atoms with Crippen molar-refractivity contribution in [3.8, 4) is 0 Å². The number of nitrogens with zero attached hydrogens (tertiary/aromatic N) is 2. The maximum Gasteiger partial charge on any atom is 0.406 e. The van der Waals surface area contributed by atoms with Crippen molar-refractivity contribution >= 4 is 5.91 Å². The number of aromatic nitrogens is 2. The summed E-state index contributed by atoms with van der Waals surface area (Å²) in [6.45, 7) is 2.41. The van der Waals surface area contributed by atoms with Gasteiger partial charge in [0.2, 0.25) is 5.91 Å². The Balaban J connectivity index is 2.51. The lowest BCUT2D eigenvalue weighted by atomic mass is 10.4. The average molecular weight is 247 g/mol. The molecule has 17 heavy (non-hydrogen) atoms. The summed E-state index contributed by atoms with van der Waals surface area (Å²) in [6, 6.07) is 0. The maximum absolute atomic E-state index is 12.2. The third kappa shape index (κ3) is 4.71. The Morgan fingerprint density at radius 1 is 1.59 bits per heavy atom. The van der Waals surface area contributed by atoms with Crippen LogP contribution >= 0.6 is 0 Å². The molecule has 94 valence electrons. The molecule has 0 bridgehead atoms. The fraction of sp³-hybridized carbons (Fsp3) is 0.400. The number of imidazole rings is 1. The number of carbonyl (C=O) groups is 1. The van der Waals surface area contributed by atoms with E-state index in [-0.39, 0.29) is 24.7 Å². The largest absolute Gasteiger partial charge is 0.406 e. The second kappa shape index (κ2) is 5.51. The predicted octanol–water partition coefficient (Wildman–Crippen LogP) is 1.29. The van der Waals surface area contributed by atoms with Crippen LogP contribution in [-0.2, 0) is 17.8 Å². The second-order valence-corrected chi connectivity index (χ2v) is 3.33. The quantitative estimate of drug-likeness (QED) is 0.797. The van der Waals surface area contributed by atoms with Crippen molar-refractivity contribution in [3.05, 3.63) is 30.9 Å². The summed E-state index contributed by atoms with van der Waals surface area (Å²) >= 11 is 0. The van der Waals surface area contributed by atoms with E-state index in [1.165, 1.54) is 12.4 Å². The first kappa shape index (κ1) is 13.3. The lowest BCUT2D eigenvalue weighted by Crippen LogP contribution is -2.25. The number of hydrogen-bond donors (Lipinski definition) is 1. The van der Waals surface area contributed by atoms with E-state index in [1.54, 1.807) is 0 Å². The van der Waals surface area contributed by atoms with Crippen molar-refractivity contribution in [2.45, 2.75) is 19.1 Å². The minimum Gasteiger partial charge on any atom is -0.352 e. The summed E-state index contributed by atoms with van der Waals surface area (Å²) < 4.78 is 37.5. The van der Waals surface area contributed by atoms with Gasteiger partial charge in [0.05, 0.1) is 0 Å². The molecule has 1 amide bonds. The van der Waals surface area contributed by atoms with Gasteiger partial charge in [-0.3, -0.25) is 4.79 Å². The second-order valence-electron chi connectivity index (χ2n) is 3.33. The molecule has 1 aromatic heterocycles. The summed E-state index contributed by atoms with van der Waals surface area (Å²) in [5.74, 6) is -0.0781. The number of carbonyl (C=O) groups excluding carboxylic acids is 1. The Kier molecular flexibility index (Phi) is 4.30. The standard InChI is InChI=1S/C10H12F3N3O/c1-2-9(17)15-4-3-8-14-5-6-16(8)7-10(11,12)13/h2,5-6H,1,3-4,7H2,(H,15,17). The molecule has 0 aliphatic heterocycles. The Hall–Kier alpha value is -1.79. The van der Waals surface area contributed by atoms with Gasteiger partial charge in [0.15, 0.2) is 0 Å². The first-order chi connectivity index (χ1) is 7.92. The number of alkyl halides is 3. The minimum absolute atomic E-state index is 0.222. The molecule has 0 aliphatic rings. The van der Waals surface area contributed by atoms with Crippen molar-refractivity contribution in [1.82, 2.24) is 14.9 Å². The molecule has 1 aromatic rings. The molecular formula is C10H12F3N3O. The lowest BCUT2D eigenvalue weighted by molar-refractivity contribution is -0.141. The zero-order valence-corrected chi connectivity index (χ0v) is 9.00. The van der Waals surface area contributed by atoms with E-state index >= 15 is 0 Å². The van der Waals surface area contributed by atoms with Crippen molar-refractivity contribution in [2.75, 3.05) is 6.54 Å². The molecule has 7 heteroatoms. The molecule has 0 saturated carbocycles. The van der Waals surface area contributed by atoms with Gasteiger partial charge in [-0.25, -0.2) is 4.98 Å². The molecule has 0 atom stereocenters. The number of rotatable bonds is 5. The van der Waals surface area contributed by atoms with Crippen molar-refractivity contribution in [3.63, 3.8) is 0 Å². The molecule has 0 aromatic carbocycles. The van der Waals surface area contributed by atoms with Gasteiger partial charge in [0, 0.05) is 25.4 Å². The third-order valence-corrected chi connectivity index (χ3v) is 1.98. The first-order valence-corrected chi connectivity index (χ1v) is 4.89. The minimum atomic E-state index is -4.28. The van der Waals surface area contributed by atoms with Crippen LogP contribution in [0.25, 0.3) is 0 Å². The van der Waals surface area contributed by atoms with E-state index in [4.69, 9.17) is 0 Å². The molecule has 1 heterocycles. The first-order valence-electron chi connectivity index (χ1n) is 4.89. The van der Waals surface area contributed by atoms with Crippen LogP contribution in [0.5, 0.6) is 0 Å². The van der Waals surface area contributed by atoms with Crippen molar-refractivity contribution in [2.24, 2.45) is 0 Å². The molecule has 1 rings (SSSR count). The molecular weight excluding hydrogens is 235 g/mol. The van der Waals surface area contributed by atoms with E-state index in [1.807, 2.05) is 0 Å². The van der Waals surface area contributed by atoms with Crippen LogP contribution in [0.4, 0.5) is 13.2 Å².